The highest BCUT2D eigenvalue weighted by Gasteiger charge is 2.14. The summed E-state index contributed by atoms with van der Waals surface area (Å²) >= 11 is 0. The third-order valence-electron chi connectivity index (χ3n) is 4.67. The molecule has 11 nitrogen and oxygen atoms in total. The van der Waals surface area contributed by atoms with Crippen LogP contribution in [-0.2, 0) is 14.1 Å². The highest BCUT2D eigenvalue weighted by atomic mass is 16.5. The van der Waals surface area contributed by atoms with Crippen LogP contribution in [0, 0.1) is 6.92 Å². The Kier molecular flexibility index (Phi) is 5.62. The van der Waals surface area contributed by atoms with E-state index in [2.05, 4.69) is 30.7 Å². The molecule has 0 aliphatic carbocycles. The first-order valence-electron chi connectivity index (χ1n) is 9.59. The number of aryl methyl sites for hydroxylation is 2. The molecule has 4 aromatic heterocycles. The van der Waals surface area contributed by atoms with E-state index in [0.717, 1.165) is 5.82 Å². The fraction of sp³-hybridized carbons (Fsp3) is 0.143. The van der Waals surface area contributed by atoms with Gasteiger partial charge in [0.1, 0.15) is 40.3 Å². The lowest BCUT2D eigenvalue weighted by Crippen LogP contribution is -2.29. The molecule has 0 saturated heterocycles. The van der Waals surface area contributed by atoms with E-state index in [-0.39, 0.29) is 11.4 Å². The van der Waals surface area contributed by atoms with Gasteiger partial charge in [-0.3, -0.25) is 18.8 Å². The Labute approximate surface area is 182 Å². The lowest BCUT2D eigenvalue weighted by Gasteiger charge is -2.10. The molecule has 0 aliphatic rings. The van der Waals surface area contributed by atoms with Crippen LogP contribution >= 0.6 is 0 Å². The van der Waals surface area contributed by atoms with Crippen molar-refractivity contribution in [3.8, 4) is 11.5 Å². The minimum Gasteiger partial charge on any atom is -0.456 e. The average molecular weight is 432 g/mol. The van der Waals surface area contributed by atoms with Gasteiger partial charge in [0.2, 0.25) is 0 Å². The normalized spacial score (nSPS) is 10.6. The van der Waals surface area contributed by atoms with Crippen molar-refractivity contribution in [3.63, 3.8) is 0 Å². The molecule has 0 aliphatic heterocycles. The third-order valence-corrected chi connectivity index (χ3v) is 4.67. The summed E-state index contributed by atoms with van der Waals surface area (Å²) in [5.41, 5.74) is -0.492. The number of amides is 1. The highest BCUT2D eigenvalue weighted by molar-refractivity contribution is 6.03. The summed E-state index contributed by atoms with van der Waals surface area (Å²) in [6, 6.07) is 8.51. The van der Waals surface area contributed by atoms with E-state index >= 15 is 0 Å². The second-order valence-corrected chi connectivity index (χ2v) is 6.86. The summed E-state index contributed by atoms with van der Waals surface area (Å²) in [5.74, 6) is 2.61. The lowest BCUT2D eigenvalue weighted by molar-refractivity contribution is 0.102. The highest BCUT2D eigenvalue weighted by Crippen LogP contribution is 2.24. The van der Waals surface area contributed by atoms with E-state index in [0.29, 0.717) is 23.1 Å². The van der Waals surface area contributed by atoms with E-state index in [1.165, 1.54) is 17.0 Å². The van der Waals surface area contributed by atoms with Crippen molar-refractivity contribution in [2.75, 3.05) is 10.6 Å². The zero-order valence-corrected chi connectivity index (χ0v) is 17.6. The summed E-state index contributed by atoms with van der Waals surface area (Å²) in [7, 11) is 3.38. The fourth-order valence-corrected chi connectivity index (χ4v) is 2.79. The van der Waals surface area contributed by atoms with Crippen molar-refractivity contribution >= 4 is 23.4 Å². The summed E-state index contributed by atoms with van der Waals surface area (Å²) < 4.78 is 8.82. The van der Waals surface area contributed by atoms with Gasteiger partial charge in [0.05, 0.1) is 12.4 Å². The third kappa shape index (κ3) is 4.46. The number of nitrogens with zero attached hydrogens (tertiary/aromatic N) is 6. The molecule has 4 aromatic rings. The predicted octanol–water partition coefficient (Wildman–Crippen LogP) is 2.40. The van der Waals surface area contributed by atoms with Gasteiger partial charge in [-0.25, -0.2) is 15.0 Å². The zero-order chi connectivity index (χ0) is 22.7. The molecule has 0 unspecified atom stereocenters. The van der Waals surface area contributed by atoms with Crippen molar-refractivity contribution in [2.24, 2.45) is 14.1 Å². The van der Waals surface area contributed by atoms with Crippen LogP contribution < -0.4 is 20.9 Å². The number of nitrogens with one attached hydrogen (secondary N) is 2. The largest absolute Gasteiger partial charge is 0.456 e. The van der Waals surface area contributed by atoms with Gasteiger partial charge in [0, 0.05) is 38.6 Å². The molecule has 11 heteroatoms. The Morgan fingerprint density at radius 1 is 0.969 bits per heavy atom. The number of hydrogen-bond acceptors (Lipinski definition) is 8. The van der Waals surface area contributed by atoms with Gasteiger partial charge in [0.25, 0.3) is 11.5 Å². The molecule has 0 atom stereocenters. The first-order valence-corrected chi connectivity index (χ1v) is 9.59. The van der Waals surface area contributed by atoms with Gasteiger partial charge in [-0.2, -0.15) is 5.10 Å². The number of aromatic nitrogens is 6. The number of rotatable bonds is 6. The van der Waals surface area contributed by atoms with Crippen molar-refractivity contribution in [2.45, 2.75) is 6.92 Å². The Bertz CT molecular complexity index is 1330. The summed E-state index contributed by atoms with van der Waals surface area (Å²) in [6.07, 6.45) is 6.02. The Morgan fingerprint density at radius 2 is 1.81 bits per heavy atom. The van der Waals surface area contributed by atoms with Gasteiger partial charge in [-0.15, -0.1) is 0 Å². The monoisotopic (exact) mass is 432 g/mol. The average Bonchev–Trinajstić information content (AvgIpc) is 3.18. The second-order valence-electron chi connectivity index (χ2n) is 6.86. The van der Waals surface area contributed by atoms with Crippen molar-refractivity contribution in [1.29, 1.82) is 0 Å². The van der Waals surface area contributed by atoms with E-state index in [4.69, 9.17) is 4.74 Å². The number of carbonyl (C=O) groups is 1. The van der Waals surface area contributed by atoms with E-state index < -0.39 is 11.5 Å². The van der Waals surface area contributed by atoms with Crippen molar-refractivity contribution < 1.29 is 9.53 Å². The summed E-state index contributed by atoms with van der Waals surface area (Å²) in [4.78, 5) is 37.1. The summed E-state index contributed by atoms with van der Waals surface area (Å²) in [5, 5.41) is 9.84. The fourth-order valence-electron chi connectivity index (χ4n) is 2.79. The molecule has 0 saturated carbocycles. The minimum atomic E-state index is -0.584. The van der Waals surface area contributed by atoms with E-state index in [1.54, 1.807) is 55.3 Å². The minimum absolute atomic E-state index is 0.0644. The predicted molar refractivity (Wildman–Crippen MR) is 117 cm³/mol. The van der Waals surface area contributed by atoms with Crippen molar-refractivity contribution in [3.05, 3.63) is 76.9 Å². The molecule has 162 valence electrons. The Morgan fingerprint density at radius 3 is 2.53 bits per heavy atom. The van der Waals surface area contributed by atoms with Crippen LogP contribution in [0.3, 0.4) is 0 Å². The molecule has 4 heterocycles. The Balaban J connectivity index is 1.43. The maximum absolute atomic E-state index is 12.4. The molecule has 0 bridgehead atoms. The maximum atomic E-state index is 12.4. The maximum Gasteiger partial charge on any atom is 0.266 e. The molecular formula is C21H20N8O3. The quantitative estimate of drug-likeness (QED) is 0.475. The molecule has 0 spiro atoms. The van der Waals surface area contributed by atoms with Gasteiger partial charge < -0.3 is 15.4 Å². The topological polar surface area (TPSA) is 129 Å². The smallest absolute Gasteiger partial charge is 0.266 e. The van der Waals surface area contributed by atoms with Gasteiger partial charge >= 0.3 is 0 Å². The molecule has 4 rings (SSSR count). The zero-order valence-electron chi connectivity index (χ0n) is 17.6. The number of carbonyl (C=O) groups excluding carboxylic acids is 1. The SMILES string of the molecule is Cc1ncc(C(=O)Nc2ccc(Oc3ccnc(Nc4ccnn4C)c3)cn2)c(=O)n1C. The van der Waals surface area contributed by atoms with Crippen LogP contribution in [0.15, 0.2) is 59.9 Å². The number of pyridine rings is 2. The van der Waals surface area contributed by atoms with Gasteiger partial charge in [-0.05, 0) is 25.1 Å². The first-order chi connectivity index (χ1) is 15.4. The number of ether oxygens (including phenoxy) is 1. The Hall–Kier alpha value is -4.54. The number of anilines is 3. The van der Waals surface area contributed by atoms with Gasteiger partial charge in [-0.1, -0.05) is 0 Å². The molecule has 32 heavy (non-hydrogen) atoms. The van der Waals surface area contributed by atoms with E-state index in [9.17, 15) is 9.59 Å². The molecule has 0 radical (unpaired) electrons. The second kappa shape index (κ2) is 8.68. The van der Waals surface area contributed by atoms with Crippen LogP contribution in [-0.4, -0.2) is 35.2 Å². The molecule has 0 fully saturated rings. The molecular weight excluding hydrogens is 412 g/mol. The van der Waals surface area contributed by atoms with Crippen LogP contribution in [0.5, 0.6) is 11.5 Å². The first kappa shape index (κ1) is 20.7. The molecule has 2 N–H and O–H groups in total. The van der Waals surface area contributed by atoms with Crippen molar-refractivity contribution in [1.82, 2.24) is 29.3 Å². The molecule has 0 aromatic carbocycles. The summed E-state index contributed by atoms with van der Waals surface area (Å²) in [6.45, 7) is 1.68. The lowest BCUT2D eigenvalue weighted by atomic mass is 10.3. The molecule has 1 amide bonds. The van der Waals surface area contributed by atoms with Gasteiger partial charge in [0.15, 0.2) is 0 Å². The van der Waals surface area contributed by atoms with Crippen LogP contribution in [0.2, 0.25) is 0 Å². The van der Waals surface area contributed by atoms with E-state index in [1.807, 2.05) is 13.1 Å². The van der Waals surface area contributed by atoms with Crippen LogP contribution in [0.1, 0.15) is 16.2 Å². The van der Waals surface area contributed by atoms with Crippen LogP contribution in [0.4, 0.5) is 17.5 Å². The standard InChI is InChI=1S/C21H20N8O3/c1-13-23-12-16(21(31)28(13)2)20(30)27-17-5-4-15(11-24-17)32-14-6-8-22-18(10-14)26-19-7-9-25-29(19)3/h4-12H,1-3H3,(H,22,26)(H,24,27,30). The number of hydrogen-bond donors (Lipinski definition) is 2. The van der Waals surface area contributed by atoms with Crippen LogP contribution in [0.25, 0.3) is 0 Å².